The third-order valence-electron chi connectivity index (χ3n) is 4.87. The van der Waals surface area contributed by atoms with Gasteiger partial charge in [-0.1, -0.05) is 6.92 Å². The number of rotatable bonds is 7. The predicted molar refractivity (Wildman–Crippen MR) is 124 cm³/mol. The van der Waals surface area contributed by atoms with E-state index in [4.69, 9.17) is 9.15 Å². The van der Waals surface area contributed by atoms with Gasteiger partial charge in [-0.05, 0) is 73.2 Å². The first-order valence-electron chi connectivity index (χ1n) is 10.3. The van der Waals surface area contributed by atoms with Gasteiger partial charge in [0.05, 0.1) is 6.61 Å². The van der Waals surface area contributed by atoms with E-state index in [0.717, 1.165) is 23.4 Å². The van der Waals surface area contributed by atoms with Crippen LogP contribution in [0, 0.1) is 0 Å². The number of fused-ring (bicyclic) bond motifs is 1. The van der Waals surface area contributed by atoms with Gasteiger partial charge >= 0.3 is 0 Å². The number of hydrogen-bond acceptors (Lipinski definition) is 5. The van der Waals surface area contributed by atoms with Crippen LogP contribution in [0.1, 0.15) is 23.7 Å². The molecule has 0 spiro atoms. The van der Waals surface area contributed by atoms with Crippen molar-refractivity contribution in [1.82, 2.24) is 4.98 Å². The summed E-state index contributed by atoms with van der Waals surface area (Å²) >= 11 is 0. The Morgan fingerprint density at radius 2 is 1.77 bits per heavy atom. The van der Waals surface area contributed by atoms with E-state index in [0.29, 0.717) is 34.8 Å². The fourth-order valence-electron chi connectivity index (χ4n) is 3.16. The quantitative estimate of drug-likeness (QED) is 0.425. The second-order valence-electron chi connectivity index (χ2n) is 7.47. The summed E-state index contributed by atoms with van der Waals surface area (Å²) in [6.07, 6.45) is 0.940. The zero-order chi connectivity index (χ0) is 21.8. The van der Waals surface area contributed by atoms with Crippen LogP contribution in [-0.4, -0.2) is 31.6 Å². The summed E-state index contributed by atoms with van der Waals surface area (Å²) in [5.74, 6) is 1.12. The van der Waals surface area contributed by atoms with Crippen molar-refractivity contribution in [3.05, 3.63) is 72.3 Å². The number of benzene rings is 3. The van der Waals surface area contributed by atoms with Crippen molar-refractivity contribution in [1.29, 1.82) is 0 Å². The lowest BCUT2D eigenvalue weighted by Gasteiger charge is -2.11. The Kier molecular flexibility index (Phi) is 5.89. The molecule has 0 fully saturated rings. The number of carbonyl (C=O) groups is 1. The third kappa shape index (κ3) is 4.69. The van der Waals surface area contributed by atoms with Crippen molar-refractivity contribution in [3.63, 3.8) is 0 Å². The molecule has 0 radical (unpaired) electrons. The average molecular weight is 415 g/mol. The molecule has 0 saturated carbocycles. The second kappa shape index (κ2) is 8.92. The van der Waals surface area contributed by atoms with E-state index in [9.17, 15) is 4.79 Å². The van der Waals surface area contributed by atoms with Gasteiger partial charge in [0.2, 0.25) is 5.89 Å². The normalized spacial score (nSPS) is 10.8. The molecular weight excluding hydrogens is 390 g/mol. The summed E-state index contributed by atoms with van der Waals surface area (Å²) < 4.78 is 11.5. The lowest BCUT2D eigenvalue weighted by molar-refractivity contribution is 0.102. The maximum atomic E-state index is 12.6. The topological polar surface area (TPSA) is 67.6 Å². The van der Waals surface area contributed by atoms with Crippen molar-refractivity contribution in [2.24, 2.45) is 0 Å². The van der Waals surface area contributed by atoms with Gasteiger partial charge in [0.1, 0.15) is 11.3 Å². The molecule has 1 heterocycles. The van der Waals surface area contributed by atoms with Crippen LogP contribution in [0.3, 0.4) is 0 Å². The molecule has 0 aliphatic heterocycles. The highest BCUT2D eigenvalue weighted by molar-refractivity contribution is 6.05. The number of ether oxygens (including phenoxy) is 1. The van der Waals surface area contributed by atoms with Gasteiger partial charge in [0.15, 0.2) is 5.58 Å². The minimum Gasteiger partial charge on any atom is -0.494 e. The standard InChI is InChI=1S/C25H25N3O3/c1-4-15-30-21-12-7-17(8-13-21)24(29)26-19-9-14-23-22(16-19)27-25(31-23)18-5-10-20(11-6-18)28(2)3/h5-14,16H,4,15H2,1-3H3,(H,26,29). The molecule has 1 aromatic heterocycles. The van der Waals surface area contributed by atoms with Crippen molar-refractivity contribution >= 4 is 28.4 Å². The number of anilines is 2. The Bertz CT molecular complexity index is 1180. The maximum Gasteiger partial charge on any atom is 0.255 e. The number of nitrogens with zero attached hydrogens (tertiary/aromatic N) is 2. The second-order valence-corrected chi connectivity index (χ2v) is 7.47. The Morgan fingerprint density at radius 3 is 2.45 bits per heavy atom. The number of carbonyl (C=O) groups excluding carboxylic acids is 1. The highest BCUT2D eigenvalue weighted by Crippen LogP contribution is 2.27. The molecule has 1 amide bonds. The zero-order valence-electron chi connectivity index (χ0n) is 17.9. The van der Waals surface area contributed by atoms with Gasteiger partial charge in [-0.15, -0.1) is 0 Å². The lowest BCUT2D eigenvalue weighted by Crippen LogP contribution is -2.11. The monoisotopic (exact) mass is 415 g/mol. The molecule has 0 unspecified atom stereocenters. The number of hydrogen-bond donors (Lipinski definition) is 1. The predicted octanol–water partition coefficient (Wildman–Crippen LogP) is 5.60. The van der Waals surface area contributed by atoms with Crippen LogP contribution < -0.4 is 15.0 Å². The van der Waals surface area contributed by atoms with E-state index in [1.54, 1.807) is 24.3 Å². The molecule has 1 N–H and O–H groups in total. The molecule has 31 heavy (non-hydrogen) atoms. The van der Waals surface area contributed by atoms with Gasteiger partial charge in [-0.25, -0.2) is 4.98 Å². The summed E-state index contributed by atoms with van der Waals surface area (Å²) in [5.41, 5.74) is 4.58. The first-order valence-corrected chi connectivity index (χ1v) is 10.3. The van der Waals surface area contributed by atoms with Crippen LogP contribution in [-0.2, 0) is 0 Å². The number of oxazole rings is 1. The van der Waals surface area contributed by atoms with Gasteiger partial charge in [0, 0.05) is 36.6 Å². The third-order valence-corrected chi connectivity index (χ3v) is 4.87. The number of amides is 1. The van der Waals surface area contributed by atoms with Crippen LogP contribution in [0.15, 0.2) is 71.1 Å². The SMILES string of the molecule is CCCOc1ccc(C(=O)Nc2ccc3oc(-c4ccc(N(C)C)cc4)nc3c2)cc1. The van der Waals surface area contributed by atoms with E-state index in [1.807, 2.05) is 61.5 Å². The Balaban J connectivity index is 1.49. The molecule has 4 aromatic rings. The largest absolute Gasteiger partial charge is 0.494 e. The van der Waals surface area contributed by atoms with E-state index < -0.39 is 0 Å². The van der Waals surface area contributed by atoms with Crippen LogP contribution in [0.5, 0.6) is 5.75 Å². The van der Waals surface area contributed by atoms with Crippen molar-refractivity contribution in [3.8, 4) is 17.2 Å². The molecular formula is C25H25N3O3. The Hall–Kier alpha value is -3.80. The lowest BCUT2D eigenvalue weighted by atomic mass is 10.2. The fourth-order valence-corrected chi connectivity index (χ4v) is 3.16. The average Bonchev–Trinajstić information content (AvgIpc) is 3.21. The molecule has 0 atom stereocenters. The van der Waals surface area contributed by atoms with Crippen LogP contribution >= 0.6 is 0 Å². The van der Waals surface area contributed by atoms with Gasteiger partial charge in [-0.3, -0.25) is 4.79 Å². The molecule has 6 nitrogen and oxygen atoms in total. The van der Waals surface area contributed by atoms with E-state index in [2.05, 4.69) is 17.2 Å². The smallest absolute Gasteiger partial charge is 0.255 e. The van der Waals surface area contributed by atoms with Gasteiger partial charge < -0.3 is 19.4 Å². The number of aromatic nitrogens is 1. The minimum absolute atomic E-state index is 0.190. The van der Waals surface area contributed by atoms with Crippen LogP contribution in [0.2, 0.25) is 0 Å². The summed E-state index contributed by atoms with van der Waals surface area (Å²) in [5, 5.41) is 2.92. The van der Waals surface area contributed by atoms with Crippen LogP contribution in [0.25, 0.3) is 22.6 Å². The van der Waals surface area contributed by atoms with E-state index in [1.165, 1.54) is 0 Å². The van der Waals surface area contributed by atoms with E-state index >= 15 is 0 Å². The molecule has 6 heteroatoms. The molecule has 3 aromatic carbocycles. The molecule has 158 valence electrons. The maximum absolute atomic E-state index is 12.6. The van der Waals surface area contributed by atoms with Crippen molar-refractivity contribution in [2.75, 3.05) is 30.9 Å². The first kappa shape index (κ1) is 20.5. The summed E-state index contributed by atoms with van der Waals surface area (Å²) in [6.45, 7) is 2.71. The molecule has 0 aliphatic rings. The van der Waals surface area contributed by atoms with Crippen LogP contribution in [0.4, 0.5) is 11.4 Å². The highest BCUT2D eigenvalue weighted by atomic mass is 16.5. The van der Waals surface area contributed by atoms with E-state index in [-0.39, 0.29) is 5.91 Å². The summed E-state index contributed by atoms with van der Waals surface area (Å²) in [6, 6.07) is 20.6. The number of nitrogens with one attached hydrogen (secondary N) is 1. The molecule has 0 saturated heterocycles. The Morgan fingerprint density at radius 1 is 1.03 bits per heavy atom. The first-order chi connectivity index (χ1) is 15.0. The fraction of sp³-hybridized carbons (Fsp3) is 0.200. The molecule has 0 bridgehead atoms. The van der Waals surface area contributed by atoms with Gasteiger partial charge in [0.25, 0.3) is 5.91 Å². The summed E-state index contributed by atoms with van der Waals surface area (Å²) in [4.78, 5) is 19.2. The minimum atomic E-state index is -0.190. The van der Waals surface area contributed by atoms with Gasteiger partial charge in [-0.2, -0.15) is 0 Å². The summed E-state index contributed by atoms with van der Waals surface area (Å²) in [7, 11) is 4.00. The van der Waals surface area contributed by atoms with Crippen molar-refractivity contribution < 1.29 is 13.9 Å². The van der Waals surface area contributed by atoms with Crippen molar-refractivity contribution in [2.45, 2.75) is 13.3 Å². The Labute approximate surface area is 181 Å². The molecule has 0 aliphatic carbocycles. The molecule has 4 rings (SSSR count). The highest BCUT2D eigenvalue weighted by Gasteiger charge is 2.11. The zero-order valence-corrected chi connectivity index (χ0v) is 17.9.